The van der Waals surface area contributed by atoms with Gasteiger partial charge in [0.25, 0.3) is 0 Å². The number of nitrogens with zero attached hydrogens (tertiary/aromatic N) is 3. The van der Waals surface area contributed by atoms with Crippen LogP contribution in [0.2, 0.25) is 0 Å². The predicted octanol–water partition coefficient (Wildman–Crippen LogP) is 8.51. The number of hydrogen-bond donors (Lipinski definition) is 3. The van der Waals surface area contributed by atoms with Crippen LogP contribution in [0.5, 0.6) is 11.5 Å². The molecule has 0 spiro atoms. The average Bonchev–Trinajstić information content (AvgIpc) is 3.02. The smallest absolute Gasteiger partial charge is 0.345 e. The number of hydrogen-bond acceptors (Lipinski definition) is 5. The standard InChI is InChI=1S/C35H53NO3.C4H11N5/c1-24(2)13-9-14-25(3)15-10-16-26(4)17-11-20-35(8)21-19-31-29(7)32(27(5)28(6)33(31)39-35)38-34(37)30-18-12-22-36-23-30;1-9(2)4(7)8-3(5)6/h12,18,22-26H,9-11,13-17,19-21H2,1-8H3;1-2H3,(H5,5,6,7,8). The van der Waals surface area contributed by atoms with Crippen molar-refractivity contribution in [2.75, 3.05) is 14.1 Å². The van der Waals surface area contributed by atoms with Gasteiger partial charge in [0.15, 0.2) is 5.96 Å². The van der Waals surface area contributed by atoms with Crippen LogP contribution in [0.1, 0.15) is 131 Å². The summed E-state index contributed by atoms with van der Waals surface area (Å²) in [6.45, 7) is 18.0. The zero-order valence-corrected chi connectivity index (χ0v) is 31.5. The number of nitrogens with two attached hydrogens (primary N) is 2. The second-order valence-corrected chi connectivity index (χ2v) is 14.8. The topological polar surface area (TPSA) is 140 Å². The highest BCUT2D eigenvalue weighted by Crippen LogP contribution is 2.45. The number of guanidine groups is 2. The summed E-state index contributed by atoms with van der Waals surface area (Å²) in [4.78, 5) is 21.7. The van der Waals surface area contributed by atoms with Gasteiger partial charge in [-0.1, -0.05) is 72.6 Å². The molecule has 3 atom stereocenters. The van der Waals surface area contributed by atoms with E-state index < -0.39 is 0 Å². The lowest BCUT2D eigenvalue weighted by atomic mass is 9.83. The van der Waals surface area contributed by atoms with Gasteiger partial charge >= 0.3 is 5.97 Å². The van der Waals surface area contributed by atoms with Crippen LogP contribution in [0.4, 0.5) is 0 Å². The molecule has 1 aromatic carbocycles. The number of benzene rings is 1. The van der Waals surface area contributed by atoms with Crippen LogP contribution in [0.25, 0.3) is 0 Å². The van der Waals surface area contributed by atoms with Crippen LogP contribution in [0.15, 0.2) is 29.5 Å². The molecule has 1 aliphatic rings. The van der Waals surface area contributed by atoms with Crippen molar-refractivity contribution in [2.24, 2.45) is 34.2 Å². The molecule has 0 radical (unpaired) electrons. The number of carbonyl (C=O) groups excluding carboxylic acids is 1. The second kappa shape index (κ2) is 19.4. The van der Waals surface area contributed by atoms with Crippen LogP contribution >= 0.6 is 0 Å². The molecular weight excluding hydrogens is 600 g/mol. The summed E-state index contributed by atoms with van der Waals surface area (Å²) >= 11 is 0. The van der Waals surface area contributed by atoms with Gasteiger partial charge in [-0.05, 0) is 100.0 Å². The van der Waals surface area contributed by atoms with Gasteiger partial charge in [-0.2, -0.15) is 4.99 Å². The summed E-state index contributed by atoms with van der Waals surface area (Å²) in [5.41, 5.74) is 14.5. The van der Waals surface area contributed by atoms with E-state index in [9.17, 15) is 4.79 Å². The van der Waals surface area contributed by atoms with Crippen LogP contribution in [-0.4, -0.2) is 47.5 Å². The number of esters is 1. The molecule has 0 saturated carbocycles. The SMILES string of the molecule is CN(C)C(=N)N=C(N)N.Cc1c(C)c2c(c(C)c1OC(=O)c1cccnc1)CCC(C)(CCCC(C)CCCC(C)CCCC(C)C)O2. The maximum atomic E-state index is 12.7. The van der Waals surface area contributed by atoms with E-state index >= 15 is 0 Å². The summed E-state index contributed by atoms with van der Waals surface area (Å²) in [5, 5.41) is 7.05. The Kier molecular flexibility index (Phi) is 16.4. The molecule has 5 N–H and O–H groups in total. The zero-order chi connectivity index (χ0) is 36.0. The Balaban J connectivity index is 0.000000778. The number of carbonyl (C=O) groups is 1. The third-order valence-electron chi connectivity index (χ3n) is 9.59. The lowest BCUT2D eigenvalue weighted by Gasteiger charge is -2.38. The molecule has 9 nitrogen and oxygen atoms in total. The molecule has 0 aliphatic carbocycles. The fourth-order valence-corrected chi connectivity index (χ4v) is 6.27. The summed E-state index contributed by atoms with van der Waals surface area (Å²) < 4.78 is 12.6. The molecule has 3 rings (SSSR count). The van der Waals surface area contributed by atoms with Gasteiger partial charge < -0.3 is 25.8 Å². The minimum atomic E-state index is -0.370. The summed E-state index contributed by atoms with van der Waals surface area (Å²) in [6, 6.07) is 3.48. The van der Waals surface area contributed by atoms with Crippen LogP contribution in [0, 0.1) is 43.9 Å². The minimum absolute atomic E-state index is 0.0509. The summed E-state index contributed by atoms with van der Waals surface area (Å²) in [5.74, 6) is 3.72. The Hall–Kier alpha value is -3.62. The fourth-order valence-electron chi connectivity index (χ4n) is 6.27. The first kappa shape index (κ1) is 40.6. The quantitative estimate of drug-likeness (QED) is 0.0796. The van der Waals surface area contributed by atoms with E-state index in [0.717, 1.165) is 59.5 Å². The maximum Gasteiger partial charge on any atom is 0.345 e. The highest BCUT2D eigenvalue weighted by Gasteiger charge is 2.35. The number of nitrogens with one attached hydrogen (secondary N) is 1. The van der Waals surface area contributed by atoms with E-state index in [2.05, 4.69) is 58.4 Å². The van der Waals surface area contributed by atoms with Crippen molar-refractivity contribution >= 4 is 17.9 Å². The van der Waals surface area contributed by atoms with E-state index in [1.807, 2.05) is 6.92 Å². The highest BCUT2D eigenvalue weighted by molar-refractivity contribution is 5.91. The Labute approximate surface area is 290 Å². The molecule has 0 fully saturated rings. The number of rotatable bonds is 14. The minimum Gasteiger partial charge on any atom is -0.487 e. The molecule has 0 bridgehead atoms. The van der Waals surface area contributed by atoms with E-state index in [4.69, 9.17) is 26.4 Å². The number of aromatic nitrogens is 1. The number of aliphatic imine (C=N–C) groups is 1. The van der Waals surface area contributed by atoms with Crippen molar-refractivity contribution in [1.82, 2.24) is 9.88 Å². The molecular formula is C39H64N6O3. The summed E-state index contributed by atoms with van der Waals surface area (Å²) in [7, 11) is 3.38. The largest absolute Gasteiger partial charge is 0.487 e. The van der Waals surface area contributed by atoms with Crippen molar-refractivity contribution in [3.63, 3.8) is 0 Å². The van der Waals surface area contributed by atoms with Crippen molar-refractivity contribution in [3.8, 4) is 11.5 Å². The molecule has 1 aromatic heterocycles. The lowest BCUT2D eigenvalue weighted by molar-refractivity contribution is 0.0508. The predicted molar refractivity (Wildman–Crippen MR) is 199 cm³/mol. The van der Waals surface area contributed by atoms with Crippen LogP contribution in [0.3, 0.4) is 0 Å². The van der Waals surface area contributed by atoms with Crippen LogP contribution in [-0.2, 0) is 6.42 Å². The second-order valence-electron chi connectivity index (χ2n) is 14.8. The van der Waals surface area contributed by atoms with Gasteiger partial charge in [0.2, 0.25) is 5.96 Å². The van der Waals surface area contributed by atoms with Crippen molar-refractivity contribution < 1.29 is 14.3 Å². The molecule has 1 aliphatic heterocycles. The van der Waals surface area contributed by atoms with Gasteiger partial charge in [0.05, 0.1) is 5.56 Å². The Bertz CT molecular complexity index is 1350. The highest BCUT2D eigenvalue weighted by atomic mass is 16.5. The first-order chi connectivity index (χ1) is 22.5. The molecule has 2 heterocycles. The first-order valence-electron chi connectivity index (χ1n) is 17.8. The normalized spacial score (nSPS) is 16.5. The van der Waals surface area contributed by atoms with Gasteiger partial charge in [0, 0.05) is 32.1 Å². The van der Waals surface area contributed by atoms with Gasteiger partial charge in [-0.3, -0.25) is 10.4 Å². The third kappa shape index (κ3) is 13.1. The van der Waals surface area contributed by atoms with E-state index in [1.165, 1.54) is 61.8 Å². The summed E-state index contributed by atoms with van der Waals surface area (Å²) in [6.07, 6.45) is 16.9. The van der Waals surface area contributed by atoms with Crippen molar-refractivity contribution in [1.29, 1.82) is 5.41 Å². The third-order valence-corrected chi connectivity index (χ3v) is 9.59. The molecule has 268 valence electrons. The monoisotopic (exact) mass is 665 g/mol. The molecule has 0 amide bonds. The Morgan fingerprint density at radius 2 is 1.60 bits per heavy atom. The van der Waals surface area contributed by atoms with Gasteiger partial charge in [0.1, 0.15) is 17.1 Å². The number of ether oxygens (including phenoxy) is 2. The molecule has 48 heavy (non-hydrogen) atoms. The molecule has 2 aromatic rings. The Morgan fingerprint density at radius 1 is 1.00 bits per heavy atom. The van der Waals surface area contributed by atoms with E-state index in [1.54, 1.807) is 38.6 Å². The first-order valence-corrected chi connectivity index (χ1v) is 17.8. The molecule has 0 saturated heterocycles. The Morgan fingerprint density at radius 3 is 2.12 bits per heavy atom. The van der Waals surface area contributed by atoms with Gasteiger partial charge in [-0.15, -0.1) is 0 Å². The number of fused-ring (bicyclic) bond motifs is 1. The van der Waals surface area contributed by atoms with Gasteiger partial charge in [-0.25, -0.2) is 4.79 Å². The molecule has 3 unspecified atom stereocenters. The fraction of sp³-hybridized carbons (Fsp3) is 0.641. The van der Waals surface area contributed by atoms with E-state index in [-0.39, 0.29) is 23.5 Å². The molecule has 9 heteroatoms. The van der Waals surface area contributed by atoms with Crippen molar-refractivity contribution in [2.45, 2.75) is 132 Å². The number of pyridine rings is 1. The average molecular weight is 665 g/mol. The maximum absolute atomic E-state index is 12.7. The lowest BCUT2D eigenvalue weighted by Crippen LogP contribution is -2.37. The zero-order valence-electron chi connectivity index (χ0n) is 31.5. The van der Waals surface area contributed by atoms with Crippen molar-refractivity contribution in [3.05, 3.63) is 52.3 Å². The van der Waals surface area contributed by atoms with Crippen LogP contribution < -0.4 is 20.9 Å². The van der Waals surface area contributed by atoms with E-state index in [0.29, 0.717) is 11.3 Å².